The number of benzene rings is 1. The van der Waals surface area contributed by atoms with Crippen LogP contribution in [0.2, 0.25) is 0 Å². The summed E-state index contributed by atoms with van der Waals surface area (Å²) in [5.41, 5.74) is 0.799. The first-order chi connectivity index (χ1) is 9.63. The molecule has 0 unspecified atom stereocenters. The maximum atomic E-state index is 12.6. The summed E-state index contributed by atoms with van der Waals surface area (Å²) in [5.74, 6) is -0.0946. The Balaban J connectivity index is 2.31. The van der Waals surface area contributed by atoms with Crippen LogP contribution in [0.15, 0.2) is 44.7 Å². The van der Waals surface area contributed by atoms with Crippen molar-refractivity contribution in [2.45, 2.75) is 6.42 Å². The highest BCUT2D eigenvalue weighted by Gasteiger charge is 2.20. The summed E-state index contributed by atoms with van der Waals surface area (Å²) in [6.07, 6.45) is 0.300. The number of thiophene rings is 1. The standard InChI is InChI=1S/C14H10Br2N2OS/c15-11-9-12(20-13(11)16)14(19)18(8-4-7-17)10-5-2-1-3-6-10/h1-3,5-6,9H,4,8H2. The minimum atomic E-state index is -0.0946. The molecule has 20 heavy (non-hydrogen) atoms. The fourth-order valence-corrected chi connectivity index (χ4v) is 3.69. The Morgan fingerprint density at radius 1 is 1.30 bits per heavy atom. The van der Waals surface area contributed by atoms with E-state index in [0.29, 0.717) is 17.8 Å². The largest absolute Gasteiger partial charge is 0.307 e. The van der Waals surface area contributed by atoms with Gasteiger partial charge in [-0.05, 0) is 50.1 Å². The van der Waals surface area contributed by atoms with Gasteiger partial charge in [0.05, 0.1) is 21.2 Å². The Bertz CT molecular complexity index is 629. The number of hydrogen-bond donors (Lipinski definition) is 0. The molecule has 1 aromatic carbocycles. The zero-order chi connectivity index (χ0) is 14.5. The number of halogens is 2. The van der Waals surface area contributed by atoms with Gasteiger partial charge in [0.15, 0.2) is 0 Å². The first-order valence-corrected chi connectivity index (χ1v) is 8.22. The Labute approximate surface area is 138 Å². The molecule has 3 nitrogen and oxygen atoms in total. The van der Waals surface area contributed by atoms with Crippen molar-refractivity contribution in [1.82, 2.24) is 0 Å². The highest BCUT2D eigenvalue weighted by atomic mass is 79.9. The number of para-hydroxylation sites is 1. The highest BCUT2D eigenvalue weighted by Crippen LogP contribution is 2.33. The van der Waals surface area contributed by atoms with Crippen LogP contribution in [0.5, 0.6) is 0 Å². The number of anilines is 1. The Morgan fingerprint density at radius 2 is 2.00 bits per heavy atom. The van der Waals surface area contributed by atoms with Crippen LogP contribution in [0.25, 0.3) is 0 Å². The second-order valence-electron chi connectivity index (χ2n) is 3.93. The van der Waals surface area contributed by atoms with Crippen molar-refractivity contribution in [1.29, 1.82) is 5.26 Å². The van der Waals surface area contributed by atoms with Crippen LogP contribution in [-0.2, 0) is 0 Å². The fourth-order valence-electron chi connectivity index (χ4n) is 1.70. The maximum Gasteiger partial charge on any atom is 0.268 e. The molecule has 0 atom stereocenters. The Morgan fingerprint density at radius 3 is 2.55 bits per heavy atom. The molecule has 1 heterocycles. The van der Waals surface area contributed by atoms with Gasteiger partial charge < -0.3 is 4.90 Å². The van der Waals surface area contributed by atoms with Gasteiger partial charge in [-0.3, -0.25) is 4.79 Å². The minimum absolute atomic E-state index is 0.0946. The molecule has 0 aliphatic carbocycles. The Kier molecular flexibility index (Phi) is 5.35. The second-order valence-corrected chi connectivity index (χ2v) is 7.16. The fraction of sp³-hybridized carbons (Fsp3) is 0.143. The monoisotopic (exact) mass is 412 g/mol. The van der Waals surface area contributed by atoms with E-state index in [2.05, 4.69) is 37.9 Å². The van der Waals surface area contributed by atoms with Crippen LogP contribution < -0.4 is 4.90 Å². The van der Waals surface area contributed by atoms with E-state index in [-0.39, 0.29) is 5.91 Å². The van der Waals surface area contributed by atoms with Gasteiger partial charge in [0.25, 0.3) is 5.91 Å². The van der Waals surface area contributed by atoms with Gasteiger partial charge >= 0.3 is 0 Å². The predicted octanol–water partition coefficient (Wildman–Crippen LogP) is 4.83. The average Bonchev–Trinajstić information content (AvgIpc) is 2.80. The summed E-state index contributed by atoms with van der Waals surface area (Å²) in [7, 11) is 0. The van der Waals surface area contributed by atoms with Crippen molar-refractivity contribution in [3.05, 3.63) is 49.5 Å². The summed E-state index contributed by atoms with van der Waals surface area (Å²) >= 11 is 8.15. The molecule has 1 amide bonds. The van der Waals surface area contributed by atoms with E-state index >= 15 is 0 Å². The van der Waals surface area contributed by atoms with Crippen molar-refractivity contribution < 1.29 is 4.79 Å². The van der Waals surface area contributed by atoms with Gasteiger partial charge in [0, 0.05) is 16.7 Å². The predicted molar refractivity (Wildman–Crippen MR) is 88.1 cm³/mol. The zero-order valence-corrected chi connectivity index (χ0v) is 14.3. The maximum absolute atomic E-state index is 12.6. The molecule has 1 aromatic heterocycles. The number of amides is 1. The highest BCUT2D eigenvalue weighted by molar-refractivity contribution is 9.13. The van der Waals surface area contributed by atoms with Crippen molar-refractivity contribution in [2.24, 2.45) is 0 Å². The van der Waals surface area contributed by atoms with E-state index in [1.54, 1.807) is 11.0 Å². The number of carbonyl (C=O) groups is 1. The van der Waals surface area contributed by atoms with Gasteiger partial charge in [-0.15, -0.1) is 11.3 Å². The van der Waals surface area contributed by atoms with E-state index in [0.717, 1.165) is 13.9 Å². The summed E-state index contributed by atoms with van der Waals surface area (Å²) < 4.78 is 1.74. The lowest BCUT2D eigenvalue weighted by Gasteiger charge is -2.20. The third kappa shape index (κ3) is 3.48. The van der Waals surface area contributed by atoms with Crippen LogP contribution in [0.4, 0.5) is 5.69 Å². The topological polar surface area (TPSA) is 44.1 Å². The molecule has 0 N–H and O–H groups in total. The summed E-state index contributed by atoms with van der Waals surface area (Å²) in [5, 5.41) is 8.76. The van der Waals surface area contributed by atoms with Crippen molar-refractivity contribution in [2.75, 3.05) is 11.4 Å². The van der Waals surface area contributed by atoms with Gasteiger partial charge in [-0.1, -0.05) is 18.2 Å². The molecule has 102 valence electrons. The SMILES string of the molecule is N#CCCN(C(=O)c1cc(Br)c(Br)s1)c1ccccc1. The first kappa shape index (κ1) is 15.2. The summed E-state index contributed by atoms with van der Waals surface area (Å²) in [6, 6.07) is 13.3. The van der Waals surface area contributed by atoms with Crippen LogP contribution in [-0.4, -0.2) is 12.5 Å². The van der Waals surface area contributed by atoms with Crippen molar-refractivity contribution >= 4 is 54.8 Å². The molecule has 0 saturated carbocycles. The molecule has 6 heteroatoms. The minimum Gasteiger partial charge on any atom is -0.307 e. The van der Waals surface area contributed by atoms with E-state index < -0.39 is 0 Å². The molecule has 0 fully saturated rings. The normalized spacial score (nSPS) is 10.1. The average molecular weight is 414 g/mol. The van der Waals surface area contributed by atoms with Gasteiger partial charge in [-0.25, -0.2) is 0 Å². The second kappa shape index (κ2) is 7.02. The molecule has 0 spiro atoms. The van der Waals surface area contributed by atoms with Crippen LogP contribution in [0, 0.1) is 11.3 Å². The number of nitriles is 1. The molecule has 0 bridgehead atoms. The number of hydrogen-bond acceptors (Lipinski definition) is 3. The smallest absolute Gasteiger partial charge is 0.268 e. The van der Waals surface area contributed by atoms with Crippen molar-refractivity contribution in [3.8, 4) is 6.07 Å². The zero-order valence-electron chi connectivity index (χ0n) is 10.3. The third-order valence-corrected chi connectivity index (χ3v) is 5.86. The molecular weight excluding hydrogens is 404 g/mol. The van der Waals surface area contributed by atoms with Crippen LogP contribution in [0.1, 0.15) is 16.1 Å². The first-order valence-electron chi connectivity index (χ1n) is 5.82. The van der Waals surface area contributed by atoms with Crippen molar-refractivity contribution in [3.63, 3.8) is 0 Å². The molecule has 0 saturated heterocycles. The summed E-state index contributed by atoms with van der Waals surface area (Å²) in [6.45, 7) is 0.381. The number of carbonyl (C=O) groups excluding carboxylic acids is 1. The van der Waals surface area contributed by atoms with Crippen LogP contribution >= 0.6 is 43.2 Å². The number of nitrogens with zero attached hydrogens (tertiary/aromatic N) is 2. The lowest BCUT2D eigenvalue weighted by Crippen LogP contribution is -2.31. The van der Waals surface area contributed by atoms with E-state index in [4.69, 9.17) is 5.26 Å². The molecule has 2 aromatic rings. The quantitative estimate of drug-likeness (QED) is 0.720. The number of rotatable bonds is 4. The molecule has 0 radical (unpaired) electrons. The molecule has 0 aliphatic rings. The van der Waals surface area contributed by atoms with Gasteiger partial charge in [0.2, 0.25) is 0 Å². The van der Waals surface area contributed by atoms with E-state index in [9.17, 15) is 4.79 Å². The lowest BCUT2D eigenvalue weighted by molar-refractivity contribution is 0.0991. The van der Waals surface area contributed by atoms with Gasteiger partial charge in [-0.2, -0.15) is 5.26 Å². The van der Waals surface area contributed by atoms with Crippen LogP contribution in [0.3, 0.4) is 0 Å². The van der Waals surface area contributed by atoms with Gasteiger partial charge in [0.1, 0.15) is 0 Å². The van der Waals surface area contributed by atoms with E-state index in [1.165, 1.54) is 11.3 Å². The third-order valence-electron chi connectivity index (χ3n) is 2.62. The van der Waals surface area contributed by atoms with E-state index in [1.807, 2.05) is 30.3 Å². The summed E-state index contributed by atoms with van der Waals surface area (Å²) in [4.78, 5) is 14.9. The Hall–Kier alpha value is -1.16. The molecule has 2 rings (SSSR count). The molecule has 0 aliphatic heterocycles. The molecular formula is C14H10Br2N2OS. The lowest BCUT2D eigenvalue weighted by atomic mass is 10.2.